The second-order valence-electron chi connectivity index (χ2n) is 5.80. The summed E-state index contributed by atoms with van der Waals surface area (Å²) in [5.41, 5.74) is 6.07. The van der Waals surface area contributed by atoms with Gasteiger partial charge in [-0.1, -0.05) is 5.16 Å². The molecule has 6 heteroatoms. The van der Waals surface area contributed by atoms with E-state index in [1.165, 1.54) is 12.8 Å². The lowest BCUT2D eigenvalue weighted by Crippen LogP contribution is -2.42. The number of aromatic nitrogens is 2. The Morgan fingerprint density at radius 3 is 2.84 bits per heavy atom. The van der Waals surface area contributed by atoms with Crippen LogP contribution < -0.4 is 5.73 Å². The highest BCUT2D eigenvalue weighted by molar-refractivity contribution is 5.01. The van der Waals surface area contributed by atoms with Crippen molar-refractivity contribution >= 4 is 0 Å². The Morgan fingerprint density at radius 1 is 1.37 bits per heavy atom. The van der Waals surface area contributed by atoms with E-state index in [9.17, 15) is 0 Å². The lowest BCUT2D eigenvalue weighted by molar-refractivity contribution is -0.0450. The Morgan fingerprint density at radius 2 is 2.16 bits per heavy atom. The average Bonchev–Trinajstić information content (AvgIpc) is 3.15. The third-order valence-electron chi connectivity index (χ3n) is 3.99. The Hall–Kier alpha value is -0.980. The van der Waals surface area contributed by atoms with Gasteiger partial charge < -0.3 is 15.0 Å². The van der Waals surface area contributed by atoms with Crippen LogP contribution in [0.5, 0.6) is 0 Å². The number of nitrogens with zero attached hydrogens (tertiary/aromatic N) is 3. The molecule has 6 nitrogen and oxygen atoms in total. The van der Waals surface area contributed by atoms with Crippen LogP contribution in [0.3, 0.4) is 0 Å². The summed E-state index contributed by atoms with van der Waals surface area (Å²) in [5.74, 6) is 1.71. The molecular formula is C13H22N4O2. The molecular weight excluding hydrogens is 244 g/mol. The average molecular weight is 266 g/mol. The van der Waals surface area contributed by atoms with E-state index >= 15 is 0 Å². The summed E-state index contributed by atoms with van der Waals surface area (Å²) < 4.78 is 11.0. The summed E-state index contributed by atoms with van der Waals surface area (Å²) in [5, 5.41) is 4.05. The van der Waals surface area contributed by atoms with Crippen LogP contribution in [0.15, 0.2) is 4.52 Å². The van der Waals surface area contributed by atoms with E-state index in [2.05, 4.69) is 28.9 Å². The molecule has 2 N–H and O–H groups in total. The van der Waals surface area contributed by atoms with Gasteiger partial charge in [-0.2, -0.15) is 4.98 Å². The minimum absolute atomic E-state index is 0.0972. The number of morpholine rings is 1. The molecule has 106 valence electrons. The van der Waals surface area contributed by atoms with Crippen LogP contribution in [0.2, 0.25) is 0 Å². The van der Waals surface area contributed by atoms with Crippen LogP contribution in [0.25, 0.3) is 0 Å². The molecule has 1 saturated heterocycles. The zero-order chi connectivity index (χ0) is 13.4. The lowest BCUT2D eigenvalue weighted by Gasteiger charge is -2.34. The molecule has 3 rings (SSSR count). The van der Waals surface area contributed by atoms with E-state index in [0.717, 1.165) is 13.1 Å². The van der Waals surface area contributed by atoms with Crippen molar-refractivity contribution in [2.45, 2.75) is 44.9 Å². The van der Waals surface area contributed by atoms with Crippen LogP contribution in [0.1, 0.15) is 50.6 Å². The van der Waals surface area contributed by atoms with E-state index in [-0.39, 0.29) is 12.1 Å². The first-order chi connectivity index (χ1) is 9.15. The van der Waals surface area contributed by atoms with Gasteiger partial charge in [0.2, 0.25) is 11.7 Å². The van der Waals surface area contributed by atoms with E-state index in [0.29, 0.717) is 30.3 Å². The fourth-order valence-corrected chi connectivity index (χ4v) is 2.46. The second-order valence-corrected chi connectivity index (χ2v) is 5.80. The molecule has 0 spiro atoms. The standard InChI is InChI=1S/C13H22N4O2/c1-8(2)17-5-6-18-10(7-17)12-15-13(19-16-12)11(14)9-3-4-9/h8-11H,3-7,14H2,1-2H3. The largest absolute Gasteiger partial charge is 0.367 e. The highest BCUT2D eigenvalue weighted by Gasteiger charge is 2.34. The molecule has 1 aliphatic carbocycles. The smallest absolute Gasteiger partial charge is 0.243 e. The maximum Gasteiger partial charge on any atom is 0.243 e. The molecule has 19 heavy (non-hydrogen) atoms. The Balaban J connectivity index is 1.68. The predicted molar refractivity (Wildman–Crippen MR) is 69.4 cm³/mol. The zero-order valence-corrected chi connectivity index (χ0v) is 11.6. The lowest BCUT2D eigenvalue weighted by atomic mass is 10.2. The van der Waals surface area contributed by atoms with Gasteiger partial charge in [-0.15, -0.1) is 0 Å². The topological polar surface area (TPSA) is 77.4 Å². The highest BCUT2D eigenvalue weighted by atomic mass is 16.5. The Kier molecular flexibility index (Phi) is 3.56. The van der Waals surface area contributed by atoms with Crippen molar-refractivity contribution in [1.82, 2.24) is 15.0 Å². The molecule has 1 aromatic rings. The fourth-order valence-electron chi connectivity index (χ4n) is 2.46. The van der Waals surface area contributed by atoms with Gasteiger partial charge in [-0.3, -0.25) is 4.90 Å². The molecule has 2 heterocycles. The summed E-state index contributed by atoms with van der Waals surface area (Å²) in [6, 6.07) is 0.400. The van der Waals surface area contributed by atoms with Crippen molar-refractivity contribution in [3.8, 4) is 0 Å². The van der Waals surface area contributed by atoms with Crippen LogP contribution in [0, 0.1) is 5.92 Å². The molecule has 1 aliphatic heterocycles. The van der Waals surface area contributed by atoms with Gasteiger partial charge in [-0.25, -0.2) is 0 Å². The van der Waals surface area contributed by atoms with Crippen LogP contribution in [-0.4, -0.2) is 40.8 Å². The van der Waals surface area contributed by atoms with Gasteiger partial charge in [0.05, 0.1) is 12.6 Å². The van der Waals surface area contributed by atoms with Gasteiger partial charge in [0, 0.05) is 19.1 Å². The first-order valence-corrected chi connectivity index (χ1v) is 7.10. The quantitative estimate of drug-likeness (QED) is 0.884. The predicted octanol–water partition coefficient (Wildman–Crippen LogP) is 1.26. The van der Waals surface area contributed by atoms with Crippen molar-refractivity contribution in [3.05, 3.63) is 11.7 Å². The zero-order valence-electron chi connectivity index (χ0n) is 11.6. The molecule has 1 saturated carbocycles. The molecule has 2 fully saturated rings. The van der Waals surface area contributed by atoms with Crippen LogP contribution >= 0.6 is 0 Å². The normalized spacial score (nSPS) is 26.8. The van der Waals surface area contributed by atoms with E-state index in [1.54, 1.807) is 0 Å². The van der Waals surface area contributed by atoms with E-state index < -0.39 is 0 Å². The van der Waals surface area contributed by atoms with Crippen molar-refractivity contribution in [1.29, 1.82) is 0 Å². The number of hydrogen-bond acceptors (Lipinski definition) is 6. The highest BCUT2D eigenvalue weighted by Crippen LogP contribution is 2.39. The van der Waals surface area contributed by atoms with E-state index in [1.807, 2.05) is 0 Å². The maximum absolute atomic E-state index is 6.07. The summed E-state index contributed by atoms with van der Waals surface area (Å²) in [7, 11) is 0. The summed E-state index contributed by atoms with van der Waals surface area (Å²) >= 11 is 0. The maximum atomic E-state index is 6.07. The van der Waals surface area contributed by atoms with Crippen LogP contribution in [-0.2, 0) is 4.74 Å². The summed E-state index contributed by atoms with van der Waals surface area (Å²) in [4.78, 5) is 6.80. The van der Waals surface area contributed by atoms with Crippen molar-refractivity contribution < 1.29 is 9.26 Å². The molecule has 0 aromatic carbocycles. The molecule has 0 radical (unpaired) electrons. The number of nitrogens with two attached hydrogens (primary N) is 1. The molecule has 1 aromatic heterocycles. The third kappa shape index (κ3) is 2.80. The first kappa shape index (κ1) is 13.0. The van der Waals surface area contributed by atoms with Crippen LogP contribution in [0.4, 0.5) is 0 Å². The molecule has 2 aliphatic rings. The number of hydrogen-bond donors (Lipinski definition) is 1. The molecule has 2 atom stereocenters. The van der Waals surface area contributed by atoms with Crippen molar-refractivity contribution in [2.75, 3.05) is 19.7 Å². The van der Waals surface area contributed by atoms with Gasteiger partial charge in [0.1, 0.15) is 6.10 Å². The minimum atomic E-state index is -0.106. The first-order valence-electron chi connectivity index (χ1n) is 7.10. The number of rotatable bonds is 4. The van der Waals surface area contributed by atoms with Crippen molar-refractivity contribution in [2.24, 2.45) is 11.7 Å². The fraction of sp³-hybridized carbons (Fsp3) is 0.846. The SMILES string of the molecule is CC(C)N1CCOC(c2noc(C(N)C3CC3)n2)C1. The molecule has 2 unspecified atom stereocenters. The summed E-state index contributed by atoms with van der Waals surface area (Å²) in [6.45, 7) is 6.86. The second kappa shape index (κ2) is 5.19. The minimum Gasteiger partial charge on any atom is -0.367 e. The molecule has 0 amide bonds. The van der Waals surface area contributed by atoms with Gasteiger partial charge in [0.25, 0.3) is 0 Å². The van der Waals surface area contributed by atoms with Gasteiger partial charge in [0.15, 0.2) is 0 Å². The van der Waals surface area contributed by atoms with Crippen molar-refractivity contribution in [3.63, 3.8) is 0 Å². The van der Waals surface area contributed by atoms with Gasteiger partial charge in [-0.05, 0) is 32.6 Å². The number of ether oxygens (including phenoxy) is 1. The Labute approximate surface area is 113 Å². The van der Waals surface area contributed by atoms with E-state index in [4.69, 9.17) is 15.0 Å². The monoisotopic (exact) mass is 266 g/mol. The van der Waals surface area contributed by atoms with Gasteiger partial charge >= 0.3 is 0 Å². The summed E-state index contributed by atoms with van der Waals surface area (Å²) in [6.07, 6.45) is 2.24. The molecule has 0 bridgehead atoms. The third-order valence-corrected chi connectivity index (χ3v) is 3.99. The Bertz CT molecular complexity index is 430.